The van der Waals surface area contributed by atoms with Gasteiger partial charge in [-0.1, -0.05) is 24.0 Å². The number of rotatable bonds is 3. The topological polar surface area (TPSA) is 3.24 Å². The Morgan fingerprint density at radius 1 is 1.06 bits per heavy atom. The van der Waals surface area contributed by atoms with Gasteiger partial charge in [-0.3, -0.25) is 0 Å². The zero-order valence-electron chi connectivity index (χ0n) is 12.7. The quantitative estimate of drug-likeness (QED) is 0.686. The summed E-state index contributed by atoms with van der Waals surface area (Å²) >= 11 is 7.44. The lowest BCUT2D eigenvalue weighted by Gasteiger charge is -2.32. The summed E-state index contributed by atoms with van der Waals surface area (Å²) < 4.78 is 1.07. The fourth-order valence-corrected chi connectivity index (χ4v) is 4.54. The van der Waals surface area contributed by atoms with Crippen molar-refractivity contribution in [1.82, 2.24) is 4.90 Å². The molecule has 0 heterocycles. The van der Waals surface area contributed by atoms with E-state index in [1.54, 1.807) is 0 Å². The summed E-state index contributed by atoms with van der Waals surface area (Å²) in [5, 5.41) is 0. The number of nitrogens with zero attached hydrogens (tertiary/aromatic N) is 1. The number of hydrogen-bond donors (Lipinski definition) is 0. The van der Waals surface area contributed by atoms with E-state index in [0.717, 1.165) is 17.4 Å². The van der Waals surface area contributed by atoms with E-state index in [0.29, 0.717) is 0 Å². The number of hydrogen-bond acceptors (Lipinski definition) is 2. The Balaban J connectivity index is 3.01. The molecule has 0 bridgehead atoms. The molecule has 0 saturated heterocycles. The minimum Gasteiger partial charge on any atom is -0.358 e. The molecule has 0 aliphatic heterocycles. The van der Waals surface area contributed by atoms with Crippen molar-refractivity contribution in [3.05, 3.63) is 22.3 Å². The molecule has 0 spiro atoms. The van der Waals surface area contributed by atoms with Crippen molar-refractivity contribution in [2.75, 3.05) is 13.1 Å². The average molecular weight is 284 g/mol. The van der Waals surface area contributed by atoms with E-state index in [1.807, 2.05) is 11.8 Å². The van der Waals surface area contributed by atoms with Gasteiger partial charge in [-0.05, 0) is 70.8 Å². The van der Waals surface area contributed by atoms with Crippen molar-refractivity contribution in [1.29, 1.82) is 0 Å². The lowest BCUT2D eigenvalue weighted by Crippen LogP contribution is -2.32. The highest BCUT2D eigenvalue weighted by Gasteiger charge is 2.38. The van der Waals surface area contributed by atoms with E-state index >= 15 is 0 Å². The first-order chi connectivity index (χ1) is 8.29. The molecule has 0 saturated carbocycles. The highest BCUT2D eigenvalue weighted by Crippen LogP contribution is 2.49. The molecule has 0 unspecified atom stereocenters. The third kappa shape index (κ3) is 2.53. The summed E-state index contributed by atoms with van der Waals surface area (Å²) in [6.07, 6.45) is 0. The SMILES string of the molecule is CCN(CC)C(=S)SC1(C)C(C)=C(C)C(C)=C1C. The third-order valence-electron chi connectivity index (χ3n) is 4.43. The van der Waals surface area contributed by atoms with Gasteiger partial charge < -0.3 is 4.90 Å². The molecule has 0 atom stereocenters. The molecular formula is C15H25NS2. The van der Waals surface area contributed by atoms with E-state index < -0.39 is 0 Å². The van der Waals surface area contributed by atoms with Crippen LogP contribution < -0.4 is 0 Å². The van der Waals surface area contributed by atoms with Crippen LogP contribution in [0.3, 0.4) is 0 Å². The predicted octanol–water partition coefficient (Wildman–Crippen LogP) is 4.79. The normalized spacial score (nSPS) is 18.6. The molecule has 0 amide bonds. The van der Waals surface area contributed by atoms with E-state index in [1.165, 1.54) is 22.3 Å². The van der Waals surface area contributed by atoms with Gasteiger partial charge in [0.1, 0.15) is 4.32 Å². The van der Waals surface area contributed by atoms with Gasteiger partial charge in [-0.2, -0.15) is 0 Å². The van der Waals surface area contributed by atoms with Gasteiger partial charge in [0.2, 0.25) is 0 Å². The van der Waals surface area contributed by atoms with Crippen LogP contribution in [-0.2, 0) is 0 Å². The van der Waals surface area contributed by atoms with Gasteiger partial charge >= 0.3 is 0 Å². The highest BCUT2D eigenvalue weighted by molar-refractivity contribution is 8.24. The summed E-state index contributed by atoms with van der Waals surface area (Å²) in [5.41, 5.74) is 5.78. The molecule has 0 aromatic carbocycles. The van der Waals surface area contributed by atoms with Crippen LogP contribution in [0.4, 0.5) is 0 Å². The van der Waals surface area contributed by atoms with Crippen molar-refractivity contribution in [3.8, 4) is 0 Å². The van der Waals surface area contributed by atoms with Gasteiger partial charge in [-0.25, -0.2) is 0 Å². The Hall–Kier alpha value is -0.280. The van der Waals surface area contributed by atoms with Crippen LogP contribution in [0.5, 0.6) is 0 Å². The first-order valence-electron chi connectivity index (χ1n) is 6.63. The van der Waals surface area contributed by atoms with Crippen LogP contribution in [0.25, 0.3) is 0 Å². The maximum absolute atomic E-state index is 5.61. The summed E-state index contributed by atoms with van der Waals surface area (Å²) in [6, 6.07) is 0. The zero-order valence-corrected chi connectivity index (χ0v) is 14.3. The minimum atomic E-state index is 0.0494. The summed E-state index contributed by atoms with van der Waals surface area (Å²) in [4.78, 5) is 2.26. The van der Waals surface area contributed by atoms with Crippen LogP contribution in [0.1, 0.15) is 48.5 Å². The maximum Gasteiger partial charge on any atom is 0.137 e. The van der Waals surface area contributed by atoms with Gasteiger partial charge in [0.05, 0.1) is 4.75 Å². The Morgan fingerprint density at radius 3 is 1.78 bits per heavy atom. The molecule has 0 aromatic heterocycles. The Bertz CT molecular complexity index is 390. The van der Waals surface area contributed by atoms with Crippen molar-refractivity contribution < 1.29 is 0 Å². The van der Waals surface area contributed by atoms with Crippen molar-refractivity contribution >= 4 is 28.3 Å². The highest BCUT2D eigenvalue weighted by atomic mass is 32.2. The second-order valence-electron chi connectivity index (χ2n) is 5.07. The summed E-state index contributed by atoms with van der Waals surface area (Å²) in [6.45, 7) is 17.5. The Kier molecular flexibility index (Phi) is 5.07. The molecule has 0 aromatic rings. The summed E-state index contributed by atoms with van der Waals surface area (Å²) in [5.74, 6) is 0. The second-order valence-corrected chi connectivity index (χ2v) is 7.13. The van der Waals surface area contributed by atoms with Crippen molar-refractivity contribution in [2.45, 2.75) is 53.2 Å². The molecule has 1 nitrogen and oxygen atoms in total. The van der Waals surface area contributed by atoms with Crippen LogP contribution in [0.2, 0.25) is 0 Å². The molecule has 102 valence electrons. The Morgan fingerprint density at radius 2 is 1.44 bits per heavy atom. The molecule has 3 heteroatoms. The smallest absolute Gasteiger partial charge is 0.137 e. The maximum atomic E-state index is 5.61. The lowest BCUT2D eigenvalue weighted by atomic mass is 9.98. The van der Waals surface area contributed by atoms with Gasteiger partial charge in [0.15, 0.2) is 0 Å². The van der Waals surface area contributed by atoms with Crippen LogP contribution in [-0.4, -0.2) is 27.1 Å². The zero-order chi connectivity index (χ0) is 14.1. The fourth-order valence-electron chi connectivity index (χ4n) is 2.43. The van der Waals surface area contributed by atoms with E-state index in [2.05, 4.69) is 53.4 Å². The standard InChI is InChI=1S/C15H25NS2/c1-8-16(9-2)14(17)18-15(7)12(5)10(3)11(4)13(15)6/h8-9H2,1-7H3. The Labute approximate surface area is 122 Å². The molecule has 0 N–H and O–H groups in total. The van der Waals surface area contributed by atoms with Crippen molar-refractivity contribution in [2.24, 2.45) is 0 Å². The van der Waals surface area contributed by atoms with Crippen molar-refractivity contribution in [3.63, 3.8) is 0 Å². The molecule has 1 aliphatic rings. The third-order valence-corrected chi connectivity index (χ3v) is 6.39. The van der Waals surface area contributed by atoms with Crippen LogP contribution >= 0.6 is 24.0 Å². The monoisotopic (exact) mass is 283 g/mol. The van der Waals surface area contributed by atoms with E-state index in [9.17, 15) is 0 Å². The first-order valence-corrected chi connectivity index (χ1v) is 7.86. The lowest BCUT2D eigenvalue weighted by molar-refractivity contribution is 0.482. The molecule has 0 radical (unpaired) electrons. The van der Waals surface area contributed by atoms with Gasteiger partial charge in [-0.15, -0.1) is 0 Å². The predicted molar refractivity (Wildman–Crippen MR) is 88.3 cm³/mol. The average Bonchev–Trinajstić information content (AvgIpc) is 2.47. The molecule has 18 heavy (non-hydrogen) atoms. The number of thioether (sulfide) groups is 1. The number of allylic oxidation sites excluding steroid dienone is 2. The van der Waals surface area contributed by atoms with Crippen LogP contribution in [0, 0.1) is 0 Å². The summed E-state index contributed by atoms with van der Waals surface area (Å²) in [7, 11) is 0. The molecular weight excluding hydrogens is 258 g/mol. The molecule has 1 rings (SSSR count). The van der Waals surface area contributed by atoms with Gasteiger partial charge in [0, 0.05) is 13.1 Å². The van der Waals surface area contributed by atoms with E-state index in [-0.39, 0.29) is 4.75 Å². The van der Waals surface area contributed by atoms with Gasteiger partial charge in [0.25, 0.3) is 0 Å². The van der Waals surface area contributed by atoms with E-state index in [4.69, 9.17) is 12.2 Å². The molecule has 0 fully saturated rings. The van der Waals surface area contributed by atoms with Crippen LogP contribution in [0.15, 0.2) is 22.3 Å². The minimum absolute atomic E-state index is 0.0494. The number of thiocarbonyl (C=S) groups is 1. The molecule has 1 aliphatic carbocycles. The fraction of sp³-hybridized carbons (Fsp3) is 0.667. The second kappa shape index (κ2) is 5.79. The largest absolute Gasteiger partial charge is 0.358 e. The first kappa shape index (κ1) is 15.8.